The van der Waals surface area contributed by atoms with Crippen LogP contribution < -0.4 is 0 Å². The van der Waals surface area contributed by atoms with Crippen LogP contribution in [-0.2, 0) is 9.53 Å². The van der Waals surface area contributed by atoms with Crippen molar-refractivity contribution in [2.75, 3.05) is 0 Å². The smallest absolute Gasteiger partial charge is 0.310 e. The summed E-state index contributed by atoms with van der Waals surface area (Å²) < 4.78 is 5.40. The lowest BCUT2D eigenvalue weighted by Gasteiger charge is -2.19. The lowest BCUT2D eigenvalue weighted by atomic mass is 10.0. The van der Waals surface area contributed by atoms with Crippen molar-refractivity contribution in [3.63, 3.8) is 0 Å². The van der Waals surface area contributed by atoms with E-state index in [2.05, 4.69) is 6.07 Å². The number of nitriles is 1. The van der Waals surface area contributed by atoms with Crippen LogP contribution in [0.3, 0.4) is 0 Å². The molecule has 0 aliphatic heterocycles. The van der Waals surface area contributed by atoms with Crippen LogP contribution in [0.15, 0.2) is 18.2 Å². The fraction of sp³-hybridized carbons (Fsp3) is 0.500. The van der Waals surface area contributed by atoms with Gasteiger partial charge in [0.25, 0.3) is 0 Å². The van der Waals surface area contributed by atoms with Crippen molar-refractivity contribution in [1.82, 2.24) is 0 Å². The minimum absolute atomic E-state index is 0.0217. The molecular weight excluding hydrogens is 238 g/mol. The summed E-state index contributed by atoms with van der Waals surface area (Å²) in [5.74, 6) is 0.118. The Kier molecular flexibility index (Phi) is 3.36. The van der Waals surface area contributed by atoms with E-state index in [0.717, 1.165) is 17.5 Å². The molecule has 3 nitrogen and oxygen atoms in total. The van der Waals surface area contributed by atoms with E-state index in [-0.39, 0.29) is 17.8 Å². The second-order valence-electron chi connectivity index (χ2n) is 6.17. The van der Waals surface area contributed by atoms with Crippen LogP contribution in [0, 0.1) is 24.2 Å². The van der Waals surface area contributed by atoms with Gasteiger partial charge in [-0.25, -0.2) is 0 Å². The molecule has 0 saturated heterocycles. The first-order chi connectivity index (χ1) is 8.81. The molecule has 1 saturated carbocycles. The zero-order chi connectivity index (χ0) is 14.2. The number of aryl methyl sites for hydroxylation is 1. The van der Waals surface area contributed by atoms with Crippen LogP contribution in [0.4, 0.5) is 0 Å². The minimum Gasteiger partial charge on any atom is -0.460 e. The Morgan fingerprint density at radius 3 is 2.63 bits per heavy atom. The number of ether oxygens (including phenoxy) is 1. The Morgan fingerprint density at radius 2 is 2.11 bits per heavy atom. The van der Waals surface area contributed by atoms with E-state index < -0.39 is 5.60 Å². The predicted molar refractivity (Wildman–Crippen MR) is 72.6 cm³/mol. The topological polar surface area (TPSA) is 50.1 Å². The molecule has 1 aliphatic rings. The van der Waals surface area contributed by atoms with Gasteiger partial charge in [0, 0.05) is 0 Å². The van der Waals surface area contributed by atoms with Gasteiger partial charge in [0.15, 0.2) is 0 Å². The first-order valence-corrected chi connectivity index (χ1v) is 6.55. The van der Waals surface area contributed by atoms with Crippen molar-refractivity contribution in [2.24, 2.45) is 5.92 Å². The molecule has 2 unspecified atom stereocenters. The number of benzene rings is 1. The number of nitrogens with zero attached hydrogens (tertiary/aromatic N) is 1. The van der Waals surface area contributed by atoms with Gasteiger partial charge in [0.2, 0.25) is 0 Å². The lowest BCUT2D eigenvalue weighted by Crippen LogP contribution is -2.25. The van der Waals surface area contributed by atoms with Gasteiger partial charge in [-0.2, -0.15) is 5.26 Å². The van der Waals surface area contributed by atoms with Crippen LogP contribution >= 0.6 is 0 Å². The van der Waals surface area contributed by atoms with E-state index in [1.165, 1.54) is 0 Å². The standard InChI is InChI=1S/C16H19NO2/c1-10-7-11(5-6-12(10)9-17)13-8-14(13)15(18)19-16(2,3)4/h5-7,13-14H,8H2,1-4H3. The highest BCUT2D eigenvalue weighted by atomic mass is 16.6. The number of hydrogen-bond acceptors (Lipinski definition) is 3. The summed E-state index contributed by atoms with van der Waals surface area (Å²) in [6, 6.07) is 7.94. The van der Waals surface area contributed by atoms with E-state index in [9.17, 15) is 4.79 Å². The molecule has 0 spiro atoms. The van der Waals surface area contributed by atoms with Gasteiger partial charge in [-0.15, -0.1) is 0 Å². The fourth-order valence-electron chi connectivity index (χ4n) is 2.24. The molecule has 0 radical (unpaired) electrons. The fourth-order valence-corrected chi connectivity index (χ4v) is 2.24. The number of carbonyl (C=O) groups is 1. The van der Waals surface area contributed by atoms with Gasteiger partial charge < -0.3 is 4.74 Å². The average Bonchev–Trinajstić information content (AvgIpc) is 3.06. The second kappa shape index (κ2) is 4.70. The quantitative estimate of drug-likeness (QED) is 0.764. The third kappa shape index (κ3) is 3.14. The molecule has 0 aromatic heterocycles. The van der Waals surface area contributed by atoms with Gasteiger partial charge in [-0.3, -0.25) is 4.79 Å². The van der Waals surface area contributed by atoms with Crippen molar-refractivity contribution < 1.29 is 9.53 Å². The van der Waals surface area contributed by atoms with Crippen molar-refractivity contribution in [1.29, 1.82) is 5.26 Å². The van der Waals surface area contributed by atoms with E-state index in [1.807, 2.05) is 45.9 Å². The van der Waals surface area contributed by atoms with Crippen LogP contribution in [0.2, 0.25) is 0 Å². The highest BCUT2D eigenvalue weighted by Gasteiger charge is 2.46. The maximum atomic E-state index is 11.9. The Balaban J connectivity index is 2.06. The van der Waals surface area contributed by atoms with Gasteiger partial charge in [-0.05, 0) is 57.2 Å². The molecule has 0 heterocycles. The van der Waals surface area contributed by atoms with Gasteiger partial charge in [0.05, 0.1) is 17.6 Å². The molecule has 0 N–H and O–H groups in total. The molecule has 1 fully saturated rings. The van der Waals surface area contributed by atoms with Gasteiger partial charge in [0.1, 0.15) is 5.60 Å². The summed E-state index contributed by atoms with van der Waals surface area (Å²) in [5.41, 5.74) is 2.37. The van der Waals surface area contributed by atoms with Crippen molar-refractivity contribution in [2.45, 2.75) is 45.6 Å². The molecule has 1 aliphatic carbocycles. The maximum absolute atomic E-state index is 11.9. The molecule has 0 bridgehead atoms. The normalized spacial score (nSPS) is 21.6. The number of hydrogen-bond donors (Lipinski definition) is 0. The number of esters is 1. The van der Waals surface area contributed by atoms with Crippen molar-refractivity contribution in [3.8, 4) is 6.07 Å². The molecule has 100 valence electrons. The van der Waals surface area contributed by atoms with Crippen LogP contribution in [0.25, 0.3) is 0 Å². The molecule has 1 aromatic rings. The molecule has 0 amide bonds. The Hall–Kier alpha value is -1.82. The highest BCUT2D eigenvalue weighted by molar-refractivity contribution is 5.77. The highest BCUT2D eigenvalue weighted by Crippen LogP contribution is 2.48. The number of carbonyl (C=O) groups excluding carboxylic acids is 1. The Labute approximate surface area is 114 Å². The third-order valence-corrected chi connectivity index (χ3v) is 3.30. The first kappa shape index (κ1) is 13.6. The molecule has 19 heavy (non-hydrogen) atoms. The predicted octanol–water partition coefficient (Wildman–Crippen LogP) is 3.31. The first-order valence-electron chi connectivity index (χ1n) is 6.55. The molecule has 2 rings (SSSR count). The minimum atomic E-state index is -0.426. The summed E-state index contributed by atoms with van der Waals surface area (Å²) in [6.07, 6.45) is 0.847. The summed E-state index contributed by atoms with van der Waals surface area (Å²) in [4.78, 5) is 11.9. The largest absolute Gasteiger partial charge is 0.460 e. The molecule has 1 aromatic carbocycles. The molecular formula is C16H19NO2. The van der Waals surface area contributed by atoms with Crippen molar-refractivity contribution in [3.05, 3.63) is 34.9 Å². The second-order valence-corrected chi connectivity index (χ2v) is 6.17. The summed E-state index contributed by atoms with van der Waals surface area (Å²) in [6.45, 7) is 7.57. The summed E-state index contributed by atoms with van der Waals surface area (Å²) >= 11 is 0. The molecule has 3 heteroatoms. The monoisotopic (exact) mass is 257 g/mol. The zero-order valence-corrected chi connectivity index (χ0v) is 11.9. The van der Waals surface area contributed by atoms with Gasteiger partial charge in [-0.1, -0.05) is 12.1 Å². The summed E-state index contributed by atoms with van der Waals surface area (Å²) in [5, 5.41) is 8.91. The Morgan fingerprint density at radius 1 is 1.42 bits per heavy atom. The van der Waals surface area contributed by atoms with Crippen LogP contribution in [-0.4, -0.2) is 11.6 Å². The van der Waals surface area contributed by atoms with Crippen molar-refractivity contribution >= 4 is 5.97 Å². The van der Waals surface area contributed by atoms with Crippen LogP contribution in [0.1, 0.15) is 49.8 Å². The number of rotatable bonds is 2. The van der Waals surface area contributed by atoms with E-state index >= 15 is 0 Å². The average molecular weight is 257 g/mol. The Bertz CT molecular complexity index is 549. The zero-order valence-electron chi connectivity index (χ0n) is 11.9. The summed E-state index contributed by atoms with van der Waals surface area (Å²) in [7, 11) is 0. The van der Waals surface area contributed by atoms with E-state index in [0.29, 0.717) is 5.56 Å². The van der Waals surface area contributed by atoms with E-state index in [1.54, 1.807) is 0 Å². The maximum Gasteiger partial charge on any atom is 0.310 e. The lowest BCUT2D eigenvalue weighted by molar-refractivity contribution is -0.156. The SMILES string of the molecule is Cc1cc(C2CC2C(=O)OC(C)(C)C)ccc1C#N. The van der Waals surface area contributed by atoms with E-state index in [4.69, 9.17) is 10.00 Å². The van der Waals surface area contributed by atoms with Gasteiger partial charge >= 0.3 is 5.97 Å². The third-order valence-electron chi connectivity index (χ3n) is 3.30. The molecule has 2 atom stereocenters. The van der Waals surface area contributed by atoms with Crippen LogP contribution in [0.5, 0.6) is 0 Å².